The lowest BCUT2D eigenvalue weighted by Gasteiger charge is -2.11. The van der Waals surface area contributed by atoms with Gasteiger partial charge in [-0.3, -0.25) is 4.79 Å². The van der Waals surface area contributed by atoms with E-state index in [-0.39, 0.29) is 11.1 Å². The maximum Gasteiger partial charge on any atom is 0.339 e. The molecule has 0 saturated carbocycles. The van der Waals surface area contributed by atoms with Crippen LogP contribution in [0.3, 0.4) is 0 Å². The molecule has 0 spiro atoms. The van der Waals surface area contributed by atoms with Crippen molar-refractivity contribution in [2.45, 2.75) is 6.92 Å². The number of carbonyl (C=O) groups is 2. The van der Waals surface area contributed by atoms with Crippen LogP contribution in [0.1, 0.15) is 27.6 Å². The number of para-hydroxylation sites is 3. The number of ether oxygens (including phenoxy) is 2. The van der Waals surface area contributed by atoms with Crippen LogP contribution in [-0.2, 0) is 4.74 Å². The van der Waals surface area contributed by atoms with Crippen LogP contribution in [0.2, 0.25) is 0 Å². The van der Waals surface area contributed by atoms with Gasteiger partial charge in [-0.2, -0.15) is 0 Å². The van der Waals surface area contributed by atoms with Gasteiger partial charge in [-0.15, -0.1) is 0 Å². The number of amides is 1. The highest BCUT2D eigenvalue weighted by molar-refractivity contribution is 6.07. The Bertz CT molecular complexity index is 1010. The van der Waals surface area contributed by atoms with Crippen molar-refractivity contribution in [2.24, 2.45) is 0 Å². The minimum absolute atomic E-state index is 0.244. The Morgan fingerprint density at radius 3 is 2.31 bits per heavy atom. The fourth-order valence-electron chi connectivity index (χ4n) is 2.56. The molecule has 8 heteroatoms. The average Bonchev–Trinajstić information content (AvgIpc) is 2.75. The molecule has 148 valence electrons. The summed E-state index contributed by atoms with van der Waals surface area (Å²) < 4.78 is 10.3. The number of anilines is 3. The number of methoxy groups -OCH3 is 1. The van der Waals surface area contributed by atoms with Gasteiger partial charge in [0.25, 0.3) is 5.91 Å². The molecule has 0 bridgehead atoms. The zero-order chi connectivity index (χ0) is 20.6. The van der Waals surface area contributed by atoms with Gasteiger partial charge in [0.15, 0.2) is 0 Å². The van der Waals surface area contributed by atoms with Gasteiger partial charge in [-0.05, 0) is 31.2 Å². The summed E-state index contributed by atoms with van der Waals surface area (Å²) in [4.78, 5) is 32.7. The first-order valence-corrected chi connectivity index (χ1v) is 8.92. The first-order valence-electron chi connectivity index (χ1n) is 8.92. The fourth-order valence-corrected chi connectivity index (χ4v) is 2.56. The van der Waals surface area contributed by atoms with Crippen molar-refractivity contribution < 1.29 is 19.1 Å². The number of nitrogens with zero attached hydrogens (tertiary/aromatic N) is 2. The van der Waals surface area contributed by atoms with Crippen LogP contribution < -0.4 is 15.4 Å². The first-order chi connectivity index (χ1) is 14.1. The molecule has 0 unspecified atom stereocenters. The number of benzene rings is 2. The van der Waals surface area contributed by atoms with Crippen molar-refractivity contribution in [1.29, 1.82) is 0 Å². The van der Waals surface area contributed by atoms with Crippen molar-refractivity contribution in [3.8, 4) is 5.75 Å². The maximum atomic E-state index is 12.5. The lowest BCUT2D eigenvalue weighted by molar-refractivity contribution is 0.0602. The second-order valence-corrected chi connectivity index (χ2v) is 5.84. The van der Waals surface area contributed by atoms with Gasteiger partial charge in [-0.25, -0.2) is 14.8 Å². The number of nitrogens with one attached hydrogen (secondary N) is 2. The van der Waals surface area contributed by atoms with Crippen molar-refractivity contribution in [2.75, 3.05) is 24.4 Å². The molecule has 0 fully saturated rings. The predicted molar refractivity (Wildman–Crippen MR) is 109 cm³/mol. The number of hydrogen-bond acceptors (Lipinski definition) is 7. The quantitative estimate of drug-likeness (QED) is 0.592. The summed E-state index contributed by atoms with van der Waals surface area (Å²) in [5.74, 6) is 0.0239. The molecular formula is C21H20N4O4. The van der Waals surface area contributed by atoms with E-state index in [1.165, 1.54) is 19.5 Å². The lowest BCUT2D eigenvalue weighted by Crippen LogP contribution is -2.16. The Morgan fingerprint density at radius 1 is 0.966 bits per heavy atom. The monoisotopic (exact) mass is 392 g/mol. The summed E-state index contributed by atoms with van der Waals surface area (Å²) in [6.45, 7) is 2.44. The van der Waals surface area contributed by atoms with Gasteiger partial charge in [-0.1, -0.05) is 24.3 Å². The summed E-state index contributed by atoms with van der Waals surface area (Å²) in [5.41, 5.74) is 1.57. The molecule has 1 aromatic heterocycles. The Kier molecular flexibility index (Phi) is 6.36. The molecule has 3 rings (SSSR count). The fraction of sp³-hybridized carbons (Fsp3) is 0.143. The van der Waals surface area contributed by atoms with E-state index in [1.54, 1.807) is 24.3 Å². The Hall–Kier alpha value is -3.94. The van der Waals surface area contributed by atoms with Crippen LogP contribution in [-0.4, -0.2) is 35.6 Å². The van der Waals surface area contributed by atoms with E-state index >= 15 is 0 Å². The Balaban J connectivity index is 1.73. The molecule has 0 aliphatic rings. The highest BCUT2D eigenvalue weighted by Crippen LogP contribution is 2.26. The van der Waals surface area contributed by atoms with Gasteiger partial charge in [0.1, 0.15) is 5.75 Å². The SMILES string of the molecule is CCOc1ccccc1Nc1ncc(C(=O)Nc2ccccc2C(=O)OC)cn1. The summed E-state index contributed by atoms with van der Waals surface area (Å²) >= 11 is 0. The third-order valence-electron chi connectivity index (χ3n) is 3.93. The van der Waals surface area contributed by atoms with Crippen molar-refractivity contribution >= 4 is 29.2 Å². The number of rotatable bonds is 7. The summed E-state index contributed by atoms with van der Waals surface area (Å²) in [6.07, 6.45) is 2.80. The Morgan fingerprint density at radius 2 is 1.62 bits per heavy atom. The van der Waals surface area contributed by atoms with E-state index in [2.05, 4.69) is 20.6 Å². The Labute approximate surface area is 167 Å². The molecule has 0 radical (unpaired) electrons. The topological polar surface area (TPSA) is 102 Å². The van der Waals surface area contributed by atoms with Gasteiger partial charge in [0.05, 0.1) is 36.2 Å². The summed E-state index contributed by atoms with van der Waals surface area (Å²) in [6, 6.07) is 14.0. The molecule has 8 nitrogen and oxygen atoms in total. The third-order valence-corrected chi connectivity index (χ3v) is 3.93. The van der Waals surface area contributed by atoms with Crippen LogP contribution in [0, 0.1) is 0 Å². The van der Waals surface area contributed by atoms with Crippen LogP contribution >= 0.6 is 0 Å². The minimum atomic E-state index is -0.537. The second-order valence-electron chi connectivity index (χ2n) is 5.84. The van der Waals surface area contributed by atoms with Crippen molar-refractivity contribution in [3.05, 3.63) is 72.1 Å². The average molecular weight is 392 g/mol. The molecule has 3 aromatic rings. The maximum absolute atomic E-state index is 12.5. The molecule has 29 heavy (non-hydrogen) atoms. The van der Waals surface area contributed by atoms with E-state index in [9.17, 15) is 9.59 Å². The van der Waals surface area contributed by atoms with Crippen molar-refractivity contribution in [3.63, 3.8) is 0 Å². The van der Waals surface area contributed by atoms with E-state index < -0.39 is 11.9 Å². The molecule has 0 aliphatic carbocycles. The standard InChI is InChI=1S/C21H20N4O4/c1-3-29-18-11-7-6-10-17(18)25-21-22-12-14(13-23-21)19(26)24-16-9-5-4-8-15(16)20(27)28-2/h4-13H,3H2,1-2H3,(H,24,26)(H,22,23,25). The predicted octanol–water partition coefficient (Wildman–Crippen LogP) is 3.66. The van der Waals surface area contributed by atoms with E-state index in [0.29, 0.717) is 24.0 Å². The minimum Gasteiger partial charge on any atom is -0.492 e. The number of aromatic nitrogens is 2. The molecule has 2 N–H and O–H groups in total. The van der Waals surface area contributed by atoms with Crippen LogP contribution in [0.5, 0.6) is 5.75 Å². The molecular weight excluding hydrogens is 372 g/mol. The van der Waals surface area contributed by atoms with E-state index in [1.807, 2.05) is 31.2 Å². The van der Waals surface area contributed by atoms with E-state index in [4.69, 9.17) is 9.47 Å². The normalized spacial score (nSPS) is 10.1. The van der Waals surface area contributed by atoms with Crippen LogP contribution in [0.4, 0.5) is 17.3 Å². The van der Waals surface area contributed by atoms with Crippen molar-refractivity contribution in [1.82, 2.24) is 9.97 Å². The second kappa shape index (κ2) is 9.32. The molecule has 1 heterocycles. The summed E-state index contributed by atoms with van der Waals surface area (Å²) in [7, 11) is 1.28. The molecule has 0 saturated heterocycles. The molecule has 0 aliphatic heterocycles. The molecule has 0 atom stereocenters. The van der Waals surface area contributed by atoms with Crippen LogP contribution in [0.15, 0.2) is 60.9 Å². The largest absolute Gasteiger partial charge is 0.492 e. The highest BCUT2D eigenvalue weighted by atomic mass is 16.5. The number of carbonyl (C=O) groups excluding carboxylic acids is 2. The first kappa shape index (κ1) is 19.8. The third kappa shape index (κ3) is 4.86. The molecule has 1 amide bonds. The summed E-state index contributed by atoms with van der Waals surface area (Å²) in [5, 5.41) is 5.74. The van der Waals surface area contributed by atoms with Gasteiger partial charge >= 0.3 is 5.97 Å². The zero-order valence-corrected chi connectivity index (χ0v) is 16.0. The molecule has 2 aromatic carbocycles. The number of hydrogen-bond donors (Lipinski definition) is 2. The smallest absolute Gasteiger partial charge is 0.339 e. The lowest BCUT2D eigenvalue weighted by atomic mass is 10.1. The van der Waals surface area contributed by atoms with Gasteiger partial charge in [0, 0.05) is 12.4 Å². The number of esters is 1. The van der Waals surface area contributed by atoms with Gasteiger partial charge < -0.3 is 20.1 Å². The zero-order valence-electron chi connectivity index (χ0n) is 16.0. The van der Waals surface area contributed by atoms with Crippen LogP contribution in [0.25, 0.3) is 0 Å². The van der Waals surface area contributed by atoms with E-state index in [0.717, 1.165) is 5.69 Å². The van der Waals surface area contributed by atoms with Gasteiger partial charge in [0.2, 0.25) is 5.95 Å². The highest BCUT2D eigenvalue weighted by Gasteiger charge is 2.15.